The number of para-hydroxylation sites is 1. The highest BCUT2D eigenvalue weighted by Gasteiger charge is 2.26. The van der Waals surface area contributed by atoms with Crippen LogP contribution in [0, 0.1) is 0 Å². The normalized spacial score (nSPS) is 19.0. The molecule has 3 rings (SSSR count). The Morgan fingerprint density at radius 2 is 1.64 bits per heavy atom. The molecule has 1 aromatic rings. The third-order valence-electron chi connectivity index (χ3n) is 5.42. The van der Waals surface area contributed by atoms with E-state index in [1.54, 1.807) is 0 Å². The van der Waals surface area contributed by atoms with Gasteiger partial charge >= 0.3 is 6.03 Å². The molecule has 7 nitrogen and oxygen atoms in total. The van der Waals surface area contributed by atoms with Crippen molar-refractivity contribution < 1.29 is 9.59 Å². The van der Waals surface area contributed by atoms with Gasteiger partial charge in [-0.15, -0.1) is 0 Å². The van der Waals surface area contributed by atoms with Crippen molar-refractivity contribution in [2.75, 3.05) is 50.7 Å². The molecule has 0 aliphatic carbocycles. The second-order valence-electron chi connectivity index (χ2n) is 8.03. The Balaban J connectivity index is 1.36. The van der Waals surface area contributed by atoms with E-state index in [1.807, 2.05) is 24.8 Å². The number of benzene rings is 1. The quantitative estimate of drug-likeness (QED) is 0.804. The minimum Gasteiger partial charge on any atom is -0.371 e. The molecule has 0 atom stereocenters. The zero-order valence-corrected chi connectivity index (χ0v) is 17.1. The summed E-state index contributed by atoms with van der Waals surface area (Å²) in [6.07, 6.45) is 1.94. The van der Waals surface area contributed by atoms with Gasteiger partial charge < -0.3 is 20.4 Å². The van der Waals surface area contributed by atoms with Crippen molar-refractivity contribution in [1.29, 1.82) is 0 Å². The molecular weight excluding hydrogens is 354 g/mol. The van der Waals surface area contributed by atoms with E-state index in [4.69, 9.17) is 0 Å². The molecule has 0 spiro atoms. The van der Waals surface area contributed by atoms with Crippen LogP contribution in [-0.2, 0) is 4.79 Å². The molecule has 2 heterocycles. The van der Waals surface area contributed by atoms with Gasteiger partial charge in [0.15, 0.2) is 0 Å². The van der Waals surface area contributed by atoms with E-state index in [1.165, 1.54) is 5.69 Å². The zero-order chi connectivity index (χ0) is 19.9. The minimum atomic E-state index is 0.0319. The third kappa shape index (κ3) is 5.86. The fraction of sp³-hybridized carbons (Fsp3) is 0.619. The van der Waals surface area contributed by atoms with E-state index in [2.05, 4.69) is 44.7 Å². The molecule has 0 saturated carbocycles. The van der Waals surface area contributed by atoms with Crippen LogP contribution in [0.4, 0.5) is 10.5 Å². The number of urea groups is 1. The molecule has 154 valence electrons. The molecule has 2 aliphatic rings. The van der Waals surface area contributed by atoms with Crippen LogP contribution in [0.1, 0.15) is 26.7 Å². The van der Waals surface area contributed by atoms with Crippen molar-refractivity contribution >= 4 is 17.6 Å². The number of hydrogen-bond donors (Lipinski definition) is 2. The van der Waals surface area contributed by atoms with Crippen LogP contribution in [-0.4, -0.2) is 79.6 Å². The fourth-order valence-electron chi connectivity index (χ4n) is 3.87. The number of carbonyl (C=O) groups excluding carboxylic acids is 2. The maximum absolute atomic E-state index is 12.6. The van der Waals surface area contributed by atoms with Crippen molar-refractivity contribution in [1.82, 2.24) is 20.4 Å². The first-order valence-electron chi connectivity index (χ1n) is 10.4. The third-order valence-corrected chi connectivity index (χ3v) is 5.42. The van der Waals surface area contributed by atoms with Gasteiger partial charge in [-0.3, -0.25) is 9.69 Å². The van der Waals surface area contributed by atoms with Crippen LogP contribution in [0.3, 0.4) is 0 Å². The molecule has 1 aromatic carbocycles. The Morgan fingerprint density at radius 1 is 1.00 bits per heavy atom. The molecule has 0 bridgehead atoms. The largest absolute Gasteiger partial charge is 0.371 e. The summed E-state index contributed by atoms with van der Waals surface area (Å²) in [6, 6.07) is 10.9. The summed E-state index contributed by atoms with van der Waals surface area (Å²) in [5, 5.41) is 6.12. The maximum atomic E-state index is 12.6. The van der Waals surface area contributed by atoms with Crippen molar-refractivity contribution in [2.45, 2.75) is 38.8 Å². The summed E-state index contributed by atoms with van der Waals surface area (Å²) in [5.74, 6) is 0.0538. The molecule has 2 saturated heterocycles. The Hall–Kier alpha value is -2.28. The predicted octanol–water partition coefficient (Wildman–Crippen LogP) is 1.51. The molecule has 0 unspecified atom stereocenters. The van der Waals surface area contributed by atoms with Crippen molar-refractivity contribution in [3.05, 3.63) is 30.3 Å². The predicted molar refractivity (Wildman–Crippen MR) is 112 cm³/mol. The average molecular weight is 388 g/mol. The maximum Gasteiger partial charge on any atom is 0.317 e. The van der Waals surface area contributed by atoms with Gasteiger partial charge in [-0.25, -0.2) is 4.79 Å². The highest BCUT2D eigenvalue weighted by Crippen LogP contribution is 2.19. The van der Waals surface area contributed by atoms with Gasteiger partial charge in [-0.05, 0) is 38.8 Å². The van der Waals surface area contributed by atoms with Gasteiger partial charge in [-0.2, -0.15) is 0 Å². The number of anilines is 1. The Kier molecular flexibility index (Phi) is 7.14. The van der Waals surface area contributed by atoms with Gasteiger partial charge in [-0.1, -0.05) is 18.2 Å². The van der Waals surface area contributed by atoms with Gasteiger partial charge in [0.05, 0.1) is 6.54 Å². The van der Waals surface area contributed by atoms with E-state index in [0.29, 0.717) is 19.6 Å². The Bertz CT molecular complexity index is 635. The molecule has 2 fully saturated rings. The summed E-state index contributed by atoms with van der Waals surface area (Å²) in [4.78, 5) is 30.8. The highest BCUT2D eigenvalue weighted by molar-refractivity contribution is 5.78. The molecule has 0 aromatic heterocycles. The lowest BCUT2D eigenvalue weighted by Crippen LogP contribution is -2.56. The van der Waals surface area contributed by atoms with E-state index in [0.717, 1.165) is 39.0 Å². The second kappa shape index (κ2) is 9.78. The van der Waals surface area contributed by atoms with Crippen LogP contribution in [0.5, 0.6) is 0 Å². The van der Waals surface area contributed by atoms with E-state index in [9.17, 15) is 9.59 Å². The Labute approximate surface area is 168 Å². The van der Waals surface area contributed by atoms with Crippen molar-refractivity contribution in [3.63, 3.8) is 0 Å². The lowest BCUT2D eigenvalue weighted by molar-refractivity contribution is -0.123. The number of carbonyl (C=O) groups is 2. The molecular formula is C21H33N5O2. The molecule has 2 N–H and O–H groups in total. The summed E-state index contributed by atoms with van der Waals surface area (Å²) < 4.78 is 0. The smallest absolute Gasteiger partial charge is 0.317 e. The number of rotatable bonds is 5. The standard InChI is InChI=1S/C21H33N5O2/c1-17(2)22-20(27)16-24-12-14-26(15-13-24)21(28)23-18-8-10-25(11-9-18)19-6-4-3-5-7-19/h3-7,17-18H,8-16H2,1-2H3,(H,22,27)(H,23,28). The molecule has 3 amide bonds. The molecule has 7 heteroatoms. The number of amides is 3. The van der Waals surface area contributed by atoms with Crippen LogP contribution in [0.2, 0.25) is 0 Å². The SMILES string of the molecule is CC(C)NC(=O)CN1CCN(C(=O)NC2CCN(c3ccccc3)CC2)CC1. The van der Waals surface area contributed by atoms with Crippen LogP contribution >= 0.6 is 0 Å². The van der Waals surface area contributed by atoms with Crippen molar-refractivity contribution in [3.8, 4) is 0 Å². The number of piperidine rings is 1. The Morgan fingerprint density at radius 3 is 2.25 bits per heavy atom. The summed E-state index contributed by atoms with van der Waals surface area (Å²) in [5.41, 5.74) is 1.25. The van der Waals surface area contributed by atoms with Gasteiger partial charge in [0.25, 0.3) is 0 Å². The van der Waals surface area contributed by atoms with Gasteiger partial charge in [0.2, 0.25) is 5.91 Å². The number of hydrogen-bond acceptors (Lipinski definition) is 4. The van der Waals surface area contributed by atoms with Crippen molar-refractivity contribution in [2.24, 2.45) is 0 Å². The number of piperazine rings is 1. The first-order chi connectivity index (χ1) is 13.5. The van der Waals surface area contributed by atoms with E-state index < -0.39 is 0 Å². The fourth-order valence-corrected chi connectivity index (χ4v) is 3.87. The zero-order valence-electron chi connectivity index (χ0n) is 17.1. The van der Waals surface area contributed by atoms with Gasteiger partial charge in [0, 0.05) is 57.0 Å². The first kappa shape index (κ1) is 20.5. The molecule has 0 radical (unpaired) electrons. The van der Waals surface area contributed by atoms with E-state index in [-0.39, 0.29) is 24.0 Å². The lowest BCUT2D eigenvalue weighted by atomic mass is 10.0. The van der Waals surface area contributed by atoms with Crippen LogP contribution < -0.4 is 15.5 Å². The van der Waals surface area contributed by atoms with E-state index >= 15 is 0 Å². The average Bonchev–Trinajstić information content (AvgIpc) is 2.69. The second-order valence-corrected chi connectivity index (χ2v) is 8.03. The molecule has 2 aliphatic heterocycles. The first-order valence-corrected chi connectivity index (χ1v) is 10.4. The van der Waals surface area contributed by atoms with Gasteiger partial charge in [0.1, 0.15) is 0 Å². The lowest BCUT2D eigenvalue weighted by Gasteiger charge is -2.37. The summed E-state index contributed by atoms with van der Waals surface area (Å²) in [6.45, 7) is 9.09. The topological polar surface area (TPSA) is 67.9 Å². The molecule has 28 heavy (non-hydrogen) atoms. The summed E-state index contributed by atoms with van der Waals surface area (Å²) >= 11 is 0. The monoisotopic (exact) mass is 387 g/mol. The number of nitrogens with zero attached hydrogens (tertiary/aromatic N) is 3. The summed E-state index contributed by atoms with van der Waals surface area (Å²) in [7, 11) is 0. The highest BCUT2D eigenvalue weighted by atomic mass is 16.2. The minimum absolute atomic E-state index is 0.0319. The number of nitrogens with one attached hydrogen (secondary N) is 2. The van der Waals surface area contributed by atoms with Crippen LogP contribution in [0.15, 0.2) is 30.3 Å². The van der Waals surface area contributed by atoms with Crippen LogP contribution in [0.25, 0.3) is 0 Å².